The Kier molecular flexibility index (Phi) is 7.01. The van der Waals surface area contributed by atoms with Crippen molar-refractivity contribution in [3.8, 4) is 11.4 Å². The lowest BCUT2D eigenvalue weighted by Crippen LogP contribution is -2.12. The van der Waals surface area contributed by atoms with E-state index < -0.39 is 0 Å². The second-order valence-corrected chi connectivity index (χ2v) is 10.4. The number of thioether (sulfide) groups is 1. The lowest BCUT2D eigenvalue weighted by atomic mass is 9.87. The molecule has 0 saturated heterocycles. The van der Waals surface area contributed by atoms with Gasteiger partial charge in [-0.3, -0.25) is 4.57 Å². The van der Waals surface area contributed by atoms with Gasteiger partial charge < -0.3 is 4.74 Å². The smallest absolute Gasteiger partial charge is 0.195 e. The highest BCUT2D eigenvalue weighted by Gasteiger charge is 2.24. The van der Waals surface area contributed by atoms with E-state index in [-0.39, 0.29) is 5.41 Å². The van der Waals surface area contributed by atoms with E-state index in [1.54, 1.807) is 11.8 Å². The molecule has 0 aliphatic heterocycles. The average Bonchev–Trinajstić information content (AvgIpc) is 3.21. The van der Waals surface area contributed by atoms with Gasteiger partial charge in [0, 0.05) is 17.4 Å². The summed E-state index contributed by atoms with van der Waals surface area (Å²) in [6.07, 6.45) is 6.34. The Balaban J connectivity index is 1.42. The number of benzene rings is 2. The summed E-state index contributed by atoms with van der Waals surface area (Å²) >= 11 is 1.72. The monoisotopic (exact) mass is 435 g/mol. The second kappa shape index (κ2) is 9.90. The molecule has 4 rings (SSSR count). The molecule has 4 nitrogen and oxygen atoms in total. The Morgan fingerprint density at radius 1 is 0.935 bits per heavy atom. The van der Waals surface area contributed by atoms with Crippen molar-refractivity contribution in [2.24, 2.45) is 0 Å². The van der Waals surface area contributed by atoms with Crippen LogP contribution in [0.4, 0.5) is 0 Å². The number of ether oxygens (including phenoxy) is 1. The molecule has 0 amide bonds. The van der Waals surface area contributed by atoms with E-state index in [1.165, 1.54) is 37.7 Å². The highest BCUT2D eigenvalue weighted by atomic mass is 32.2. The molecule has 1 aliphatic carbocycles. The maximum atomic E-state index is 5.99. The van der Waals surface area contributed by atoms with Gasteiger partial charge in [-0.2, -0.15) is 0 Å². The molecule has 0 bridgehead atoms. The predicted octanol–water partition coefficient (Wildman–Crippen LogP) is 6.78. The van der Waals surface area contributed by atoms with Crippen LogP contribution in [-0.2, 0) is 5.41 Å². The molecule has 3 aromatic rings. The lowest BCUT2D eigenvalue weighted by molar-refractivity contribution is 0.343. The average molecular weight is 436 g/mol. The molecular weight excluding hydrogens is 402 g/mol. The van der Waals surface area contributed by atoms with Crippen LogP contribution in [0.1, 0.15) is 70.2 Å². The Hall–Kier alpha value is -2.27. The zero-order valence-electron chi connectivity index (χ0n) is 18.9. The summed E-state index contributed by atoms with van der Waals surface area (Å²) in [6.45, 7) is 7.32. The molecule has 0 N–H and O–H groups in total. The first-order valence-electron chi connectivity index (χ1n) is 11.4. The van der Waals surface area contributed by atoms with E-state index in [4.69, 9.17) is 4.74 Å². The molecule has 1 saturated carbocycles. The summed E-state index contributed by atoms with van der Waals surface area (Å²) in [4.78, 5) is 0. The molecule has 5 heteroatoms. The lowest BCUT2D eigenvalue weighted by Gasteiger charge is -2.22. The molecule has 1 heterocycles. The fourth-order valence-corrected chi connectivity index (χ4v) is 4.94. The van der Waals surface area contributed by atoms with Crippen molar-refractivity contribution in [2.75, 3.05) is 12.4 Å². The topological polar surface area (TPSA) is 39.9 Å². The van der Waals surface area contributed by atoms with Crippen molar-refractivity contribution in [2.45, 2.75) is 69.4 Å². The fourth-order valence-electron chi connectivity index (χ4n) is 4.16. The summed E-state index contributed by atoms with van der Waals surface area (Å²) in [6, 6.07) is 19.0. The number of rotatable bonds is 7. The van der Waals surface area contributed by atoms with Crippen LogP contribution < -0.4 is 4.74 Å². The van der Waals surface area contributed by atoms with Gasteiger partial charge in [0.2, 0.25) is 0 Å². The Morgan fingerprint density at radius 3 is 2.32 bits per heavy atom. The Morgan fingerprint density at radius 2 is 1.65 bits per heavy atom. The first-order chi connectivity index (χ1) is 15.0. The normalized spacial score (nSPS) is 15.2. The first kappa shape index (κ1) is 21.9. The van der Waals surface area contributed by atoms with Crippen LogP contribution >= 0.6 is 11.8 Å². The predicted molar refractivity (Wildman–Crippen MR) is 129 cm³/mol. The van der Waals surface area contributed by atoms with Crippen LogP contribution in [0.15, 0.2) is 59.8 Å². The number of hydrogen-bond donors (Lipinski definition) is 0. The van der Waals surface area contributed by atoms with Gasteiger partial charge in [-0.1, -0.05) is 82.1 Å². The first-order valence-corrected chi connectivity index (χ1v) is 12.4. The maximum absolute atomic E-state index is 5.99. The molecule has 0 spiro atoms. The molecule has 2 aromatic carbocycles. The molecular formula is C26H33N3OS. The highest BCUT2D eigenvalue weighted by molar-refractivity contribution is 7.99. The number of nitrogens with zero attached hydrogens (tertiary/aromatic N) is 3. The van der Waals surface area contributed by atoms with E-state index in [1.807, 2.05) is 0 Å². The molecule has 0 radical (unpaired) electrons. The van der Waals surface area contributed by atoms with E-state index in [0.29, 0.717) is 12.5 Å². The SMILES string of the molecule is CC(C)(C)c1ccc(OCCSc2nnc(C3CCCCC3)n2-c2ccccc2)cc1. The molecule has 1 fully saturated rings. The fraction of sp³-hybridized carbons (Fsp3) is 0.462. The molecule has 0 unspecified atom stereocenters. The van der Waals surface area contributed by atoms with Gasteiger partial charge in [0.1, 0.15) is 11.6 Å². The van der Waals surface area contributed by atoms with Crippen LogP contribution in [0.2, 0.25) is 0 Å². The third-order valence-electron chi connectivity index (χ3n) is 5.95. The number of hydrogen-bond acceptors (Lipinski definition) is 4. The van der Waals surface area contributed by atoms with E-state index in [9.17, 15) is 0 Å². The molecule has 0 atom stereocenters. The summed E-state index contributed by atoms with van der Waals surface area (Å²) in [5, 5.41) is 10.2. The minimum Gasteiger partial charge on any atom is -0.493 e. The van der Waals surface area contributed by atoms with Gasteiger partial charge in [0.15, 0.2) is 5.16 Å². The Labute approximate surface area is 190 Å². The maximum Gasteiger partial charge on any atom is 0.195 e. The molecule has 1 aromatic heterocycles. The minimum atomic E-state index is 0.159. The van der Waals surface area contributed by atoms with Crippen molar-refractivity contribution in [1.29, 1.82) is 0 Å². The number of para-hydroxylation sites is 1. The third-order valence-corrected chi connectivity index (χ3v) is 6.84. The zero-order valence-corrected chi connectivity index (χ0v) is 19.7. The van der Waals surface area contributed by atoms with Gasteiger partial charge in [-0.15, -0.1) is 10.2 Å². The van der Waals surface area contributed by atoms with Gasteiger partial charge in [-0.05, 0) is 48.1 Å². The van der Waals surface area contributed by atoms with Crippen LogP contribution in [0.3, 0.4) is 0 Å². The number of aromatic nitrogens is 3. The van der Waals surface area contributed by atoms with Crippen molar-refractivity contribution < 1.29 is 4.74 Å². The minimum absolute atomic E-state index is 0.159. The molecule has 164 valence electrons. The van der Waals surface area contributed by atoms with Crippen molar-refractivity contribution in [1.82, 2.24) is 14.8 Å². The van der Waals surface area contributed by atoms with Crippen LogP contribution in [0.25, 0.3) is 5.69 Å². The third kappa shape index (κ3) is 5.51. The summed E-state index contributed by atoms with van der Waals surface area (Å²) in [7, 11) is 0. The van der Waals surface area contributed by atoms with E-state index in [2.05, 4.69) is 90.1 Å². The van der Waals surface area contributed by atoms with Gasteiger partial charge in [0.25, 0.3) is 0 Å². The van der Waals surface area contributed by atoms with Gasteiger partial charge >= 0.3 is 0 Å². The second-order valence-electron chi connectivity index (χ2n) is 9.32. The van der Waals surface area contributed by atoms with Crippen molar-refractivity contribution in [3.05, 3.63) is 66.0 Å². The zero-order chi connectivity index (χ0) is 21.7. The van der Waals surface area contributed by atoms with Crippen LogP contribution in [0, 0.1) is 0 Å². The van der Waals surface area contributed by atoms with Crippen LogP contribution in [0.5, 0.6) is 5.75 Å². The van der Waals surface area contributed by atoms with Crippen molar-refractivity contribution >= 4 is 11.8 Å². The Bertz CT molecular complexity index is 955. The summed E-state index contributed by atoms with van der Waals surface area (Å²) in [5.74, 6) is 3.37. The molecule has 1 aliphatic rings. The largest absolute Gasteiger partial charge is 0.493 e. The van der Waals surface area contributed by atoms with Gasteiger partial charge in [0.05, 0.1) is 6.61 Å². The summed E-state index contributed by atoms with van der Waals surface area (Å²) < 4.78 is 8.25. The quantitative estimate of drug-likeness (QED) is 0.303. The van der Waals surface area contributed by atoms with E-state index >= 15 is 0 Å². The van der Waals surface area contributed by atoms with Crippen LogP contribution in [-0.4, -0.2) is 27.1 Å². The van der Waals surface area contributed by atoms with Crippen molar-refractivity contribution in [3.63, 3.8) is 0 Å². The highest BCUT2D eigenvalue weighted by Crippen LogP contribution is 2.35. The van der Waals surface area contributed by atoms with E-state index in [0.717, 1.165) is 28.2 Å². The summed E-state index contributed by atoms with van der Waals surface area (Å²) in [5.41, 5.74) is 2.63. The molecule has 31 heavy (non-hydrogen) atoms. The van der Waals surface area contributed by atoms with Gasteiger partial charge in [-0.25, -0.2) is 0 Å². The standard InChI is InChI=1S/C26H33N3OS/c1-26(2,3)21-14-16-23(17-15-21)30-18-19-31-25-28-27-24(20-10-6-4-7-11-20)29(25)22-12-8-5-9-13-22/h5,8-9,12-17,20H,4,6-7,10-11,18-19H2,1-3H3.